The van der Waals surface area contributed by atoms with E-state index in [1.165, 1.54) is 13.0 Å². The first kappa shape index (κ1) is 13.7. The maximum Gasteiger partial charge on any atom is 0.336 e. The van der Waals surface area contributed by atoms with Gasteiger partial charge in [-0.25, -0.2) is 9.59 Å². The van der Waals surface area contributed by atoms with Crippen LogP contribution < -0.4 is 5.63 Å². The van der Waals surface area contributed by atoms with E-state index in [1.54, 1.807) is 6.07 Å². The molecule has 0 bridgehead atoms. The predicted molar refractivity (Wildman–Crippen MR) is 69.7 cm³/mol. The summed E-state index contributed by atoms with van der Waals surface area (Å²) in [6.45, 7) is 6.50. The number of fused-ring (bicyclic) bond motifs is 1. The second-order valence-electron chi connectivity index (χ2n) is 3.83. The molecule has 2 aromatic rings. The van der Waals surface area contributed by atoms with E-state index in [1.807, 2.05) is 25.1 Å². The van der Waals surface area contributed by atoms with E-state index < -0.39 is 5.97 Å². The number of hydrogen-bond acceptors (Lipinski definition) is 3. The van der Waals surface area contributed by atoms with Crippen LogP contribution in [0.15, 0.2) is 51.7 Å². The van der Waals surface area contributed by atoms with Crippen molar-refractivity contribution in [2.45, 2.75) is 13.8 Å². The van der Waals surface area contributed by atoms with Crippen molar-refractivity contribution in [3.8, 4) is 0 Å². The van der Waals surface area contributed by atoms with Crippen LogP contribution in [-0.4, -0.2) is 11.1 Å². The molecule has 0 unspecified atom stereocenters. The van der Waals surface area contributed by atoms with Crippen molar-refractivity contribution in [2.24, 2.45) is 0 Å². The highest BCUT2D eigenvalue weighted by Gasteiger charge is 1.98. The number of carbonyl (C=O) groups is 1. The number of aliphatic carboxylic acids is 1. The Hall–Kier alpha value is -2.36. The van der Waals surface area contributed by atoms with Gasteiger partial charge in [0.05, 0.1) is 0 Å². The molecule has 0 saturated heterocycles. The normalized spacial score (nSPS) is 9.44. The number of aryl methyl sites for hydroxylation is 1. The lowest BCUT2D eigenvalue weighted by atomic mass is 10.1. The number of benzene rings is 1. The molecule has 4 nitrogen and oxygen atoms in total. The van der Waals surface area contributed by atoms with Crippen LogP contribution in [0.1, 0.15) is 12.5 Å². The van der Waals surface area contributed by atoms with Gasteiger partial charge in [-0.2, -0.15) is 0 Å². The maximum absolute atomic E-state index is 10.9. The van der Waals surface area contributed by atoms with E-state index in [9.17, 15) is 9.59 Å². The lowest BCUT2D eigenvalue weighted by Gasteiger charge is -1.97. The molecular weight excluding hydrogens is 232 g/mol. The monoisotopic (exact) mass is 246 g/mol. The Bertz CT molecular complexity index is 626. The smallest absolute Gasteiger partial charge is 0.336 e. The summed E-state index contributed by atoms with van der Waals surface area (Å²) in [6.07, 6.45) is 0. The van der Waals surface area contributed by atoms with Gasteiger partial charge in [-0.1, -0.05) is 24.8 Å². The van der Waals surface area contributed by atoms with E-state index in [0.717, 1.165) is 10.9 Å². The van der Waals surface area contributed by atoms with Crippen LogP contribution in [-0.2, 0) is 4.79 Å². The fourth-order valence-electron chi connectivity index (χ4n) is 1.27. The van der Waals surface area contributed by atoms with Crippen LogP contribution in [0.2, 0.25) is 0 Å². The van der Waals surface area contributed by atoms with Gasteiger partial charge >= 0.3 is 11.6 Å². The third-order valence-electron chi connectivity index (χ3n) is 2.22. The minimum absolute atomic E-state index is 0.176. The van der Waals surface area contributed by atoms with E-state index in [4.69, 9.17) is 9.52 Å². The number of carboxylic acid groups (broad SMARTS) is 1. The summed E-state index contributed by atoms with van der Waals surface area (Å²) in [5, 5.41) is 8.89. The second kappa shape index (κ2) is 5.82. The highest BCUT2D eigenvalue weighted by molar-refractivity contribution is 5.84. The van der Waals surface area contributed by atoms with Gasteiger partial charge in [-0.05, 0) is 25.5 Å². The summed E-state index contributed by atoms with van der Waals surface area (Å²) in [5.74, 6) is -0.935. The van der Waals surface area contributed by atoms with E-state index in [2.05, 4.69) is 6.58 Å². The summed E-state index contributed by atoms with van der Waals surface area (Å²) in [6, 6.07) is 9.01. The molecule has 94 valence electrons. The number of rotatable bonds is 1. The molecule has 0 aliphatic carbocycles. The lowest BCUT2D eigenvalue weighted by Crippen LogP contribution is -1.97. The van der Waals surface area contributed by atoms with Gasteiger partial charge in [-0.3, -0.25) is 0 Å². The van der Waals surface area contributed by atoms with Gasteiger partial charge in [0.1, 0.15) is 5.58 Å². The molecule has 0 saturated carbocycles. The summed E-state index contributed by atoms with van der Waals surface area (Å²) >= 11 is 0. The Balaban J connectivity index is 0.000000232. The van der Waals surface area contributed by atoms with Crippen molar-refractivity contribution in [1.29, 1.82) is 0 Å². The van der Waals surface area contributed by atoms with Gasteiger partial charge in [0.15, 0.2) is 0 Å². The highest BCUT2D eigenvalue weighted by atomic mass is 16.4. The Kier molecular flexibility index (Phi) is 4.43. The number of para-hydroxylation sites is 1. The fraction of sp³-hybridized carbons (Fsp3) is 0.143. The van der Waals surface area contributed by atoms with Crippen LogP contribution in [0.5, 0.6) is 0 Å². The topological polar surface area (TPSA) is 67.5 Å². The first-order valence-corrected chi connectivity index (χ1v) is 5.30. The molecule has 0 aliphatic rings. The van der Waals surface area contributed by atoms with Crippen molar-refractivity contribution in [3.05, 3.63) is 58.5 Å². The van der Waals surface area contributed by atoms with Crippen LogP contribution in [0.3, 0.4) is 0 Å². The molecule has 0 radical (unpaired) electrons. The molecule has 0 aliphatic heterocycles. The molecule has 4 heteroatoms. The molecule has 1 N–H and O–H groups in total. The number of carboxylic acids is 1. The molecule has 0 amide bonds. The molecule has 0 fully saturated rings. The SMILES string of the molecule is C=C(C)C(=O)O.Cc1cc(=O)oc2ccccc12. The van der Waals surface area contributed by atoms with E-state index in [0.29, 0.717) is 5.58 Å². The Morgan fingerprint density at radius 2 is 1.89 bits per heavy atom. The molecule has 1 aromatic heterocycles. The van der Waals surface area contributed by atoms with Crippen molar-refractivity contribution in [1.82, 2.24) is 0 Å². The summed E-state index contributed by atoms with van der Waals surface area (Å²) in [4.78, 5) is 20.5. The van der Waals surface area contributed by atoms with Crippen molar-refractivity contribution in [3.63, 3.8) is 0 Å². The third-order valence-corrected chi connectivity index (χ3v) is 2.22. The first-order chi connectivity index (χ1) is 8.41. The Morgan fingerprint density at radius 3 is 2.44 bits per heavy atom. The van der Waals surface area contributed by atoms with E-state index >= 15 is 0 Å². The molecular formula is C14H14O4. The summed E-state index contributed by atoms with van der Waals surface area (Å²) in [5.41, 5.74) is 1.51. The van der Waals surface area contributed by atoms with Crippen LogP contribution in [0.25, 0.3) is 11.0 Å². The molecule has 0 atom stereocenters. The van der Waals surface area contributed by atoms with Gasteiger partial charge in [0.2, 0.25) is 0 Å². The largest absolute Gasteiger partial charge is 0.478 e. The summed E-state index contributed by atoms with van der Waals surface area (Å²) < 4.78 is 4.99. The third kappa shape index (κ3) is 3.59. The predicted octanol–water partition coefficient (Wildman–Crippen LogP) is 2.75. The van der Waals surface area contributed by atoms with Gasteiger partial charge in [0.25, 0.3) is 0 Å². The molecule has 0 spiro atoms. The Morgan fingerprint density at radius 1 is 1.33 bits per heavy atom. The van der Waals surface area contributed by atoms with Crippen LogP contribution in [0, 0.1) is 6.92 Å². The van der Waals surface area contributed by atoms with Crippen molar-refractivity contribution >= 4 is 16.9 Å². The minimum Gasteiger partial charge on any atom is -0.478 e. The molecule has 1 heterocycles. The average Bonchev–Trinajstić information content (AvgIpc) is 2.29. The fourth-order valence-corrected chi connectivity index (χ4v) is 1.27. The second-order valence-corrected chi connectivity index (χ2v) is 3.83. The Labute approximate surface area is 104 Å². The lowest BCUT2D eigenvalue weighted by molar-refractivity contribution is -0.132. The maximum atomic E-state index is 10.9. The first-order valence-electron chi connectivity index (χ1n) is 5.30. The minimum atomic E-state index is -0.935. The van der Waals surface area contributed by atoms with Crippen LogP contribution in [0.4, 0.5) is 0 Å². The average molecular weight is 246 g/mol. The molecule has 18 heavy (non-hydrogen) atoms. The van der Waals surface area contributed by atoms with Gasteiger partial charge < -0.3 is 9.52 Å². The van der Waals surface area contributed by atoms with Crippen LogP contribution >= 0.6 is 0 Å². The zero-order valence-electron chi connectivity index (χ0n) is 10.3. The zero-order chi connectivity index (χ0) is 13.7. The molecule has 1 aromatic carbocycles. The quantitative estimate of drug-likeness (QED) is 0.620. The highest BCUT2D eigenvalue weighted by Crippen LogP contribution is 2.14. The zero-order valence-corrected chi connectivity index (χ0v) is 10.3. The van der Waals surface area contributed by atoms with E-state index in [-0.39, 0.29) is 11.2 Å². The standard InChI is InChI=1S/C10H8O2.C4H6O2/c1-7-6-10(11)12-9-5-3-2-4-8(7)9;1-3(2)4(5)6/h2-6H,1H3;1H2,2H3,(H,5,6). The number of hydrogen-bond donors (Lipinski definition) is 1. The summed E-state index contributed by atoms with van der Waals surface area (Å²) in [7, 11) is 0. The van der Waals surface area contributed by atoms with Gasteiger partial charge in [0, 0.05) is 17.0 Å². The van der Waals surface area contributed by atoms with Crippen molar-refractivity contribution < 1.29 is 14.3 Å². The molecule has 2 rings (SSSR count). The van der Waals surface area contributed by atoms with Gasteiger partial charge in [-0.15, -0.1) is 0 Å². The van der Waals surface area contributed by atoms with Crippen molar-refractivity contribution in [2.75, 3.05) is 0 Å².